The molecule has 0 aromatic carbocycles. The second kappa shape index (κ2) is 5.15. The topological polar surface area (TPSA) is 50.2 Å². The van der Waals surface area contributed by atoms with Gasteiger partial charge < -0.3 is 5.11 Å². The quantitative estimate of drug-likeness (QED) is 0.489. The molecule has 1 N–H and O–H groups in total. The van der Waals surface area contributed by atoms with Gasteiger partial charge in [-0.05, 0) is 34.2 Å². The van der Waals surface area contributed by atoms with Crippen molar-refractivity contribution in [2.45, 2.75) is 11.8 Å². The van der Waals surface area contributed by atoms with Gasteiger partial charge in [-0.25, -0.2) is 18.6 Å². The molecule has 0 atom stereocenters. The number of rotatable bonds is 3. The minimum absolute atomic E-state index is 0.359. The van der Waals surface area contributed by atoms with Crippen molar-refractivity contribution in [3.05, 3.63) is 26.6 Å². The molecule has 0 unspecified atom stereocenters. The van der Waals surface area contributed by atoms with E-state index in [0.29, 0.717) is 14.6 Å². The van der Waals surface area contributed by atoms with Crippen LogP contribution in [0.4, 0.5) is 8.78 Å². The van der Waals surface area contributed by atoms with Crippen molar-refractivity contribution in [2.75, 3.05) is 0 Å². The third-order valence-electron chi connectivity index (χ3n) is 1.66. The Balaban J connectivity index is 3.38. The van der Waals surface area contributed by atoms with Crippen LogP contribution >= 0.6 is 38.5 Å². The first kappa shape index (κ1) is 12.8. The van der Waals surface area contributed by atoms with Crippen LogP contribution in [0.2, 0.25) is 0 Å². The lowest BCUT2D eigenvalue weighted by Gasteiger charge is -2.07. The van der Waals surface area contributed by atoms with Crippen LogP contribution in [-0.4, -0.2) is 16.1 Å². The van der Waals surface area contributed by atoms with Crippen LogP contribution in [0.15, 0.2) is 6.07 Å². The molecule has 1 aromatic heterocycles. The molecule has 0 saturated carbocycles. The summed E-state index contributed by atoms with van der Waals surface area (Å²) >= 11 is 4.93. The molecule has 0 amide bonds. The van der Waals surface area contributed by atoms with Gasteiger partial charge in [0.25, 0.3) is 6.43 Å². The molecule has 0 aliphatic rings. The van der Waals surface area contributed by atoms with Gasteiger partial charge in [0.05, 0.1) is 5.56 Å². The summed E-state index contributed by atoms with van der Waals surface area (Å²) in [5.74, 6) is -1.44. The van der Waals surface area contributed by atoms with Crippen LogP contribution in [0.1, 0.15) is 28.0 Å². The smallest absolute Gasteiger partial charge is 0.355 e. The molecule has 1 aromatic rings. The summed E-state index contributed by atoms with van der Waals surface area (Å²) in [6, 6.07) is 1.16. The molecule has 1 rings (SSSR count). The Morgan fingerprint density at radius 1 is 1.67 bits per heavy atom. The average molecular weight is 392 g/mol. The van der Waals surface area contributed by atoms with Gasteiger partial charge in [-0.1, -0.05) is 15.9 Å². The largest absolute Gasteiger partial charge is 0.476 e. The Hall–Kier alpha value is -0.310. The standard InChI is InChI=1S/C8H5BrF2INO2/c9-2-3-1-4(6(10)11)5(8(14)15)13-7(3)12/h1,6H,2H2,(H,14,15). The molecule has 0 bridgehead atoms. The molecule has 1 heterocycles. The number of carboxylic acid groups (broad SMARTS) is 1. The van der Waals surface area contributed by atoms with Crippen molar-refractivity contribution in [1.82, 2.24) is 4.98 Å². The van der Waals surface area contributed by atoms with E-state index in [4.69, 9.17) is 5.11 Å². The summed E-state index contributed by atoms with van der Waals surface area (Å²) in [6.45, 7) is 0. The lowest BCUT2D eigenvalue weighted by atomic mass is 10.1. The summed E-state index contributed by atoms with van der Waals surface area (Å²) in [6.07, 6.45) is -2.83. The van der Waals surface area contributed by atoms with E-state index < -0.39 is 23.7 Å². The zero-order valence-corrected chi connectivity index (χ0v) is 10.9. The summed E-state index contributed by atoms with van der Waals surface area (Å²) < 4.78 is 25.4. The monoisotopic (exact) mass is 391 g/mol. The number of halogens is 4. The van der Waals surface area contributed by atoms with Gasteiger partial charge in [0.15, 0.2) is 5.69 Å². The molecule has 82 valence electrons. The van der Waals surface area contributed by atoms with E-state index in [2.05, 4.69) is 20.9 Å². The highest BCUT2D eigenvalue weighted by Crippen LogP contribution is 2.26. The molecular weight excluding hydrogens is 387 g/mol. The van der Waals surface area contributed by atoms with Crippen LogP contribution in [-0.2, 0) is 5.33 Å². The fourth-order valence-electron chi connectivity index (χ4n) is 0.981. The van der Waals surface area contributed by atoms with Crippen LogP contribution in [0.25, 0.3) is 0 Å². The van der Waals surface area contributed by atoms with Crippen LogP contribution < -0.4 is 0 Å². The molecule has 0 radical (unpaired) electrons. The third-order valence-corrected chi connectivity index (χ3v) is 3.20. The van der Waals surface area contributed by atoms with Crippen molar-refractivity contribution in [1.29, 1.82) is 0 Å². The maximum Gasteiger partial charge on any atom is 0.355 e. The van der Waals surface area contributed by atoms with Crippen LogP contribution in [0.5, 0.6) is 0 Å². The minimum Gasteiger partial charge on any atom is -0.476 e. The van der Waals surface area contributed by atoms with E-state index in [1.54, 1.807) is 0 Å². The van der Waals surface area contributed by atoms with Crippen molar-refractivity contribution in [3.63, 3.8) is 0 Å². The predicted octanol–water partition coefficient (Wildman–Crippen LogP) is 3.22. The van der Waals surface area contributed by atoms with Crippen molar-refractivity contribution >= 4 is 44.5 Å². The normalized spacial score (nSPS) is 10.7. The Kier molecular flexibility index (Phi) is 4.38. The number of carbonyl (C=O) groups is 1. The molecule has 7 heteroatoms. The van der Waals surface area contributed by atoms with E-state index >= 15 is 0 Å². The molecule has 0 fully saturated rings. The second-order valence-corrected chi connectivity index (χ2v) is 4.20. The molecule has 15 heavy (non-hydrogen) atoms. The Labute approximate surface area is 106 Å². The molecular formula is C8H5BrF2INO2. The van der Waals surface area contributed by atoms with Crippen molar-refractivity contribution in [3.8, 4) is 0 Å². The number of aromatic carboxylic acids is 1. The first-order valence-electron chi connectivity index (χ1n) is 3.74. The lowest BCUT2D eigenvalue weighted by molar-refractivity contribution is 0.0676. The van der Waals surface area contributed by atoms with Crippen molar-refractivity contribution < 1.29 is 18.7 Å². The fraction of sp³-hybridized carbons (Fsp3) is 0.250. The van der Waals surface area contributed by atoms with Gasteiger partial charge >= 0.3 is 5.97 Å². The van der Waals surface area contributed by atoms with Crippen molar-refractivity contribution in [2.24, 2.45) is 0 Å². The average Bonchev–Trinajstić information content (AvgIpc) is 2.16. The summed E-state index contributed by atoms with van der Waals surface area (Å²) in [5, 5.41) is 9.05. The SMILES string of the molecule is O=C(O)c1nc(I)c(CBr)cc1C(F)F. The number of pyridine rings is 1. The predicted molar refractivity (Wildman–Crippen MR) is 61.5 cm³/mol. The number of hydrogen-bond acceptors (Lipinski definition) is 2. The van der Waals surface area contributed by atoms with E-state index in [1.165, 1.54) is 0 Å². The first-order valence-corrected chi connectivity index (χ1v) is 5.94. The second-order valence-electron chi connectivity index (χ2n) is 2.62. The molecule has 0 saturated heterocycles. The third kappa shape index (κ3) is 2.83. The van der Waals surface area contributed by atoms with Gasteiger partial charge in [-0.15, -0.1) is 0 Å². The zero-order chi connectivity index (χ0) is 11.6. The molecule has 3 nitrogen and oxygen atoms in total. The van der Waals surface area contributed by atoms with Gasteiger partial charge in [0, 0.05) is 5.33 Å². The number of aromatic nitrogens is 1. The Morgan fingerprint density at radius 3 is 2.67 bits per heavy atom. The van der Waals surface area contributed by atoms with Crippen LogP contribution in [0, 0.1) is 3.70 Å². The minimum atomic E-state index is -2.83. The van der Waals surface area contributed by atoms with Gasteiger partial charge in [-0.3, -0.25) is 0 Å². The van der Waals surface area contributed by atoms with Gasteiger partial charge in [0.2, 0.25) is 0 Å². The maximum atomic E-state index is 12.5. The summed E-state index contributed by atoms with van der Waals surface area (Å²) in [7, 11) is 0. The highest BCUT2D eigenvalue weighted by atomic mass is 127. The van der Waals surface area contributed by atoms with E-state index in [9.17, 15) is 13.6 Å². The van der Waals surface area contributed by atoms with E-state index in [1.807, 2.05) is 22.6 Å². The summed E-state index contributed by atoms with van der Waals surface area (Å²) in [4.78, 5) is 14.3. The highest BCUT2D eigenvalue weighted by Gasteiger charge is 2.21. The zero-order valence-electron chi connectivity index (χ0n) is 7.18. The first-order chi connectivity index (χ1) is 6.97. The fourth-order valence-corrected chi connectivity index (χ4v) is 2.52. The molecule has 0 aliphatic carbocycles. The van der Waals surface area contributed by atoms with E-state index in [0.717, 1.165) is 6.07 Å². The molecule has 0 aliphatic heterocycles. The summed E-state index contributed by atoms with van der Waals surface area (Å²) in [5.41, 5.74) is -0.577. The number of carboxylic acids is 1. The number of nitrogens with zero attached hydrogens (tertiary/aromatic N) is 1. The molecule has 0 spiro atoms. The lowest BCUT2D eigenvalue weighted by Crippen LogP contribution is -2.09. The maximum absolute atomic E-state index is 12.5. The Morgan fingerprint density at radius 2 is 2.27 bits per heavy atom. The van der Waals surface area contributed by atoms with Crippen LogP contribution in [0.3, 0.4) is 0 Å². The highest BCUT2D eigenvalue weighted by molar-refractivity contribution is 14.1. The van der Waals surface area contributed by atoms with Gasteiger partial charge in [-0.2, -0.15) is 0 Å². The Bertz CT molecular complexity index is 400. The number of alkyl halides is 3. The van der Waals surface area contributed by atoms with Gasteiger partial charge in [0.1, 0.15) is 3.70 Å². The van der Waals surface area contributed by atoms with E-state index in [-0.39, 0.29) is 0 Å². The number of hydrogen-bond donors (Lipinski definition) is 1.